The van der Waals surface area contributed by atoms with Crippen molar-refractivity contribution in [3.8, 4) is 0 Å². The van der Waals surface area contributed by atoms with Gasteiger partial charge in [-0.1, -0.05) is 22.0 Å². The lowest BCUT2D eigenvalue weighted by atomic mass is 10.1. The van der Waals surface area contributed by atoms with Crippen LogP contribution in [0.15, 0.2) is 22.7 Å². The average molecular weight is 255 g/mol. The van der Waals surface area contributed by atoms with Crippen molar-refractivity contribution in [2.24, 2.45) is 0 Å². The average Bonchev–Trinajstić information content (AvgIpc) is 2.94. The van der Waals surface area contributed by atoms with Crippen LogP contribution in [-0.2, 0) is 6.54 Å². The van der Waals surface area contributed by atoms with Crippen molar-refractivity contribution in [1.29, 1.82) is 0 Å². The predicted octanol–water partition coefficient (Wildman–Crippen LogP) is 2.63. The van der Waals surface area contributed by atoms with Crippen molar-refractivity contribution in [3.05, 3.63) is 28.2 Å². The first kappa shape index (κ1) is 9.99. The van der Waals surface area contributed by atoms with Crippen LogP contribution in [0.4, 0.5) is 5.69 Å². The molecule has 1 aliphatic rings. The van der Waals surface area contributed by atoms with E-state index in [1.54, 1.807) is 0 Å². The summed E-state index contributed by atoms with van der Waals surface area (Å²) < 4.78 is 1.12. The number of hydrogen-bond donors (Lipinski definition) is 1. The largest absolute Gasteiger partial charge is 0.398 e. The summed E-state index contributed by atoms with van der Waals surface area (Å²) in [6, 6.07) is 6.76. The van der Waals surface area contributed by atoms with Crippen LogP contribution in [0.3, 0.4) is 0 Å². The van der Waals surface area contributed by atoms with E-state index in [0.29, 0.717) is 0 Å². The molecule has 2 N–H and O–H groups in total. The Bertz CT molecular complexity index is 314. The molecule has 0 aliphatic heterocycles. The van der Waals surface area contributed by atoms with Gasteiger partial charge in [-0.2, -0.15) is 0 Å². The van der Waals surface area contributed by atoms with E-state index in [-0.39, 0.29) is 0 Å². The van der Waals surface area contributed by atoms with E-state index in [2.05, 4.69) is 27.9 Å². The van der Waals surface area contributed by atoms with Gasteiger partial charge in [0.25, 0.3) is 0 Å². The number of nitrogens with zero attached hydrogens (tertiary/aromatic N) is 1. The van der Waals surface area contributed by atoms with Gasteiger partial charge < -0.3 is 5.73 Å². The molecule has 3 heteroatoms. The third kappa shape index (κ3) is 2.10. The topological polar surface area (TPSA) is 29.3 Å². The van der Waals surface area contributed by atoms with Gasteiger partial charge in [0.15, 0.2) is 0 Å². The summed E-state index contributed by atoms with van der Waals surface area (Å²) in [6.07, 6.45) is 2.67. The maximum Gasteiger partial charge on any atom is 0.0371 e. The highest BCUT2D eigenvalue weighted by Crippen LogP contribution is 2.30. The third-order valence-corrected chi connectivity index (χ3v) is 3.48. The van der Waals surface area contributed by atoms with Gasteiger partial charge >= 0.3 is 0 Å². The molecule has 0 aromatic heterocycles. The Labute approximate surface area is 93.2 Å². The molecule has 1 aliphatic carbocycles. The minimum Gasteiger partial charge on any atom is -0.398 e. The van der Waals surface area contributed by atoms with Crippen LogP contribution in [0, 0.1) is 0 Å². The molecular formula is C11H15BrN2. The standard InChI is InChI=1S/C11H15BrN2/c1-14(8-5-6-8)7-9-10(12)3-2-4-11(9)13/h2-4,8H,5-7,13H2,1H3. The lowest BCUT2D eigenvalue weighted by Gasteiger charge is -2.17. The molecule has 0 saturated heterocycles. The Morgan fingerprint density at radius 1 is 1.50 bits per heavy atom. The van der Waals surface area contributed by atoms with Crippen LogP contribution in [-0.4, -0.2) is 18.0 Å². The molecule has 0 spiro atoms. The van der Waals surface area contributed by atoms with Gasteiger partial charge in [-0.3, -0.25) is 4.90 Å². The summed E-state index contributed by atoms with van der Waals surface area (Å²) in [5.74, 6) is 0. The number of rotatable bonds is 3. The minimum atomic E-state index is 0.779. The van der Waals surface area contributed by atoms with E-state index >= 15 is 0 Å². The Morgan fingerprint density at radius 2 is 2.21 bits per heavy atom. The maximum atomic E-state index is 5.93. The molecule has 76 valence electrons. The van der Waals surface area contributed by atoms with Gasteiger partial charge in [-0.25, -0.2) is 0 Å². The van der Waals surface area contributed by atoms with Crippen molar-refractivity contribution >= 4 is 21.6 Å². The fraction of sp³-hybridized carbons (Fsp3) is 0.455. The molecule has 0 atom stereocenters. The van der Waals surface area contributed by atoms with Gasteiger partial charge in [-0.15, -0.1) is 0 Å². The SMILES string of the molecule is CN(Cc1c(N)cccc1Br)C1CC1. The second-order valence-electron chi connectivity index (χ2n) is 3.95. The summed E-state index contributed by atoms with van der Waals surface area (Å²) >= 11 is 3.54. The lowest BCUT2D eigenvalue weighted by molar-refractivity contribution is 0.316. The molecular weight excluding hydrogens is 240 g/mol. The summed E-state index contributed by atoms with van der Waals surface area (Å²) in [6.45, 7) is 0.942. The number of anilines is 1. The first-order valence-corrected chi connectivity index (χ1v) is 5.71. The van der Waals surface area contributed by atoms with Gasteiger partial charge in [0.2, 0.25) is 0 Å². The molecule has 2 nitrogen and oxygen atoms in total. The fourth-order valence-corrected chi connectivity index (χ4v) is 2.14. The van der Waals surface area contributed by atoms with E-state index in [4.69, 9.17) is 5.73 Å². The molecule has 14 heavy (non-hydrogen) atoms. The van der Waals surface area contributed by atoms with Gasteiger partial charge in [0, 0.05) is 28.3 Å². The summed E-state index contributed by atoms with van der Waals surface area (Å²) in [4.78, 5) is 2.37. The van der Waals surface area contributed by atoms with Gasteiger partial charge in [0.1, 0.15) is 0 Å². The van der Waals surface area contributed by atoms with Crippen LogP contribution in [0.25, 0.3) is 0 Å². The summed E-state index contributed by atoms with van der Waals surface area (Å²) in [5, 5.41) is 0. The van der Waals surface area contributed by atoms with Crippen molar-refractivity contribution in [2.45, 2.75) is 25.4 Å². The normalized spacial score (nSPS) is 16.2. The lowest BCUT2D eigenvalue weighted by Crippen LogP contribution is -2.20. The number of nitrogens with two attached hydrogens (primary N) is 1. The molecule has 1 aromatic carbocycles. The smallest absolute Gasteiger partial charge is 0.0371 e. The predicted molar refractivity (Wildman–Crippen MR) is 63.0 cm³/mol. The zero-order chi connectivity index (χ0) is 10.1. The minimum absolute atomic E-state index is 0.779. The Balaban J connectivity index is 2.14. The second kappa shape index (κ2) is 3.91. The molecule has 0 amide bonds. The maximum absolute atomic E-state index is 5.93. The van der Waals surface area contributed by atoms with Crippen molar-refractivity contribution in [1.82, 2.24) is 4.90 Å². The fourth-order valence-electron chi connectivity index (χ4n) is 1.64. The van der Waals surface area contributed by atoms with E-state index < -0.39 is 0 Å². The van der Waals surface area contributed by atoms with Crippen molar-refractivity contribution < 1.29 is 0 Å². The van der Waals surface area contributed by atoms with E-state index in [0.717, 1.165) is 22.7 Å². The number of nitrogen functional groups attached to an aromatic ring is 1. The molecule has 1 saturated carbocycles. The van der Waals surface area contributed by atoms with Gasteiger partial charge in [0.05, 0.1) is 0 Å². The summed E-state index contributed by atoms with van der Waals surface area (Å²) in [5.41, 5.74) is 8.03. The summed E-state index contributed by atoms with van der Waals surface area (Å²) in [7, 11) is 2.16. The molecule has 0 radical (unpaired) electrons. The van der Waals surface area contributed by atoms with Crippen LogP contribution in [0.1, 0.15) is 18.4 Å². The highest BCUT2D eigenvalue weighted by atomic mass is 79.9. The van der Waals surface area contributed by atoms with Crippen LogP contribution in [0.2, 0.25) is 0 Å². The molecule has 1 fully saturated rings. The Hall–Kier alpha value is -0.540. The zero-order valence-corrected chi connectivity index (χ0v) is 9.92. The number of halogens is 1. The first-order valence-electron chi connectivity index (χ1n) is 4.91. The molecule has 0 bridgehead atoms. The van der Waals surface area contributed by atoms with E-state index in [1.165, 1.54) is 18.4 Å². The molecule has 0 unspecified atom stereocenters. The quantitative estimate of drug-likeness (QED) is 0.841. The van der Waals surface area contributed by atoms with Gasteiger partial charge in [-0.05, 0) is 32.0 Å². The number of benzene rings is 1. The van der Waals surface area contributed by atoms with Crippen LogP contribution in [0.5, 0.6) is 0 Å². The Morgan fingerprint density at radius 3 is 2.79 bits per heavy atom. The third-order valence-electron chi connectivity index (χ3n) is 2.73. The molecule has 2 rings (SSSR count). The molecule has 1 aromatic rings. The zero-order valence-electron chi connectivity index (χ0n) is 8.33. The van der Waals surface area contributed by atoms with Crippen molar-refractivity contribution in [2.75, 3.05) is 12.8 Å². The van der Waals surface area contributed by atoms with E-state index in [1.807, 2.05) is 18.2 Å². The van der Waals surface area contributed by atoms with Crippen LogP contribution < -0.4 is 5.73 Å². The molecule has 0 heterocycles. The highest BCUT2D eigenvalue weighted by Gasteiger charge is 2.26. The monoisotopic (exact) mass is 254 g/mol. The van der Waals surface area contributed by atoms with Crippen LogP contribution >= 0.6 is 15.9 Å². The highest BCUT2D eigenvalue weighted by molar-refractivity contribution is 9.10. The number of hydrogen-bond acceptors (Lipinski definition) is 2. The second-order valence-corrected chi connectivity index (χ2v) is 4.81. The van der Waals surface area contributed by atoms with Crippen molar-refractivity contribution in [3.63, 3.8) is 0 Å². The first-order chi connectivity index (χ1) is 6.68. The van der Waals surface area contributed by atoms with E-state index in [9.17, 15) is 0 Å². The Kier molecular flexibility index (Phi) is 2.79.